The molecule has 2 heterocycles. The third-order valence-electron chi connectivity index (χ3n) is 6.76. The number of anilines is 1. The van der Waals surface area contributed by atoms with Crippen molar-refractivity contribution < 1.29 is 19.1 Å². The van der Waals surface area contributed by atoms with Gasteiger partial charge in [-0.15, -0.1) is 0 Å². The van der Waals surface area contributed by atoms with Gasteiger partial charge in [0, 0.05) is 18.0 Å². The van der Waals surface area contributed by atoms with Crippen LogP contribution >= 0.6 is 0 Å². The number of methoxy groups -OCH3 is 2. The fraction of sp³-hybridized carbons (Fsp3) is 0.308. The first kappa shape index (κ1) is 20.5. The molecule has 2 aliphatic rings. The Balaban J connectivity index is 1.48. The summed E-state index contributed by atoms with van der Waals surface area (Å²) in [5, 5.41) is 1.92. The van der Waals surface area contributed by atoms with Gasteiger partial charge in [0.05, 0.1) is 32.4 Å². The molecule has 0 aromatic heterocycles. The van der Waals surface area contributed by atoms with E-state index < -0.39 is 6.04 Å². The van der Waals surface area contributed by atoms with E-state index in [0.717, 1.165) is 22.8 Å². The topological polar surface area (TPSA) is 59.1 Å². The quantitative estimate of drug-likeness (QED) is 0.583. The van der Waals surface area contributed by atoms with E-state index in [4.69, 9.17) is 9.47 Å². The summed E-state index contributed by atoms with van der Waals surface area (Å²) in [5.41, 5.74) is 2.96. The summed E-state index contributed by atoms with van der Waals surface area (Å²) in [5.74, 6) is 1.08. The molecule has 164 valence electrons. The fourth-order valence-electron chi connectivity index (χ4n) is 5.12. The van der Waals surface area contributed by atoms with Gasteiger partial charge < -0.3 is 9.47 Å². The average Bonchev–Trinajstić information content (AvgIpc) is 3.11. The lowest BCUT2D eigenvalue weighted by atomic mass is 9.91. The van der Waals surface area contributed by atoms with Crippen LogP contribution in [0.15, 0.2) is 54.6 Å². The van der Waals surface area contributed by atoms with Gasteiger partial charge in [0.1, 0.15) is 0 Å². The second kappa shape index (κ2) is 7.95. The zero-order chi connectivity index (χ0) is 22.4. The molecule has 1 saturated heterocycles. The van der Waals surface area contributed by atoms with Crippen LogP contribution < -0.4 is 14.4 Å². The van der Waals surface area contributed by atoms with Crippen molar-refractivity contribution in [3.8, 4) is 11.5 Å². The highest BCUT2D eigenvalue weighted by molar-refractivity contribution is 6.25. The molecule has 5 rings (SSSR count). The van der Waals surface area contributed by atoms with E-state index in [1.807, 2.05) is 54.6 Å². The first-order chi connectivity index (χ1) is 15.5. The molecule has 0 aliphatic carbocycles. The maximum absolute atomic E-state index is 13.6. The molecule has 0 unspecified atom stereocenters. The molecule has 0 radical (unpaired) electrons. The van der Waals surface area contributed by atoms with E-state index in [-0.39, 0.29) is 24.3 Å². The number of hydrogen-bond donors (Lipinski definition) is 0. The standard InChI is InChI=1S/C26H26N2O4/c1-16-20-14-24(32-3)23(31-2)13-18(20)11-12-27(16)22-15-25(29)28(26(22)30)21-10-6-8-17-7-4-5-9-19(17)21/h4-10,13-14,16,22H,11-12,15H2,1-3H3/t16-,22+/m0/s1. The molecular weight excluding hydrogens is 404 g/mol. The Kier molecular flexibility index (Phi) is 5.10. The Labute approximate surface area is 187 Å². The van der Waals surface area contributed by atoms with Crippen molar-refractivity contribution in [1.82, 2.24) is 4.90 Å². The molecule has 0 bridgehead atoms. The summed E-state index contributed by atoms with van der Waals surface area (Å²) in [6, 6.07) is 17.1. The molecule has 3 aromatic carbocycles. The summed E-state index contributed by atoms with van der Waals surface area (Å²) >= 11 is 0. The number of nitrogens with zero attached hydrogens (tertiary/aromatic N) is 2. The number of fused-ring (bicyclic) bond motifs is 2. The first-order valence-electron chi connectivity index (χ1n) is 10.9. The zero-order valence-corrected chi connectivity index (χ0v) is 18.5. The maximum atomic E-state index is 13.6. The van der Waals surface area contributed by atoms with Crippen LogP contribution in [0, 0.1) is 0 Å². The number of benzene rings is 3. The molecule has 2 amide bonds. The number of ether oxygens (including phenoxy) is 2. The lowest BCUT2D eigenvalue weighted by Gasteiger charge is -2.38. The average molecular weight is 431 g/mol. The fourth-order valence-corrected chi connectivity index (χ4v) is 5.12. The van der Waals surface area contributed by atoms with Gasteiger partial charge in [0.25, 0.3) is 5.91 Å². The Morgan fingerprint density at radius 3 is 2.44 bits per heavy atom. The molecule has 32 heavy (non-hydrogen) atoms. The minimum absolute atomic E-state index is 0.0206. The monoisotopic (exact) mass is 430 g/mol. The molecule has 1 fully saturated rings. The number of rotatable bonds is 4. The van der Waals surface area contributed by atoms with Crippen LogP contribution in [-0.2, 0) is 16.0 Å². The smallest absolute Gasteiger partial charge is 0.251 e. The Hall–Kier alpha value is -3.38. The van der Waals surface area contributed by atoms with E-state index in [0.29, 0.717) is 23.7 Å². The summed E-state index contributed by atoms with van der Waals surface area (Å²) in [4.78, 5) is 30.2. The van der Waals surface area contributed by atoms with E-state index in [9.17, 15) is 9.59 Å². The summed E-state index contributed by atoms with van der Waals surface area (Å²) in [6.45, 7) is 2.79. The summed E-state index contributed by atoms with van der Waals surface area (Å²) in [7, 11) is 3.25. The minimum Gasteiger partial charge on any atom is -0.493 e. The number of carbonyl (C=O) groups excluding carboxylic acids is 2. The Morgan fingerprint density at radius 1 is 0.938 bits per heavy atom. The largest absolute Gasteiger partial charge is 0.493 e. The van der Waals surface area contributed by atoms with Crippen LogP contribution in [0.2, 0.25) is 0 Å². The van der Waals surface area contributed by atoms with E-state index >= 15 is 0 Å². The number of imide groups is 1. The predicted octanol–water partition coefficient (Wildman–Crippen LogP) is 4.11. The van der Waals surface area contributed by atoms with Gasteiger partial charge >= 0.3 is 0 Å². The van der Waals surface area contributed by atoms with Crippen LogP contribution in [0.3, 0.4) is 0 Å². The molecule has 6 nitrogen and oxygen atoms in total. The van der Waals surface area contributed by atoms with Crippen molar-refractivity contribution in [3.05, 3.63) is 65.7 Å². The number of amides is 2. The van der Waals surface area contributed by atoms with Gasteiger partial charge in [-0.3, -0.25) is 14.5 Å². The summed E-state index contributed by atoms with van der Waals surface area (Å²) in [6.07, 6.45) is 0.973. The lowest BCUT2D eigenvalue weighted by Crippen LogP contribution is -2.46. The van der Waals surface area contributed by atoms with Crippen LogP contribution in [0.1, 0.15) is 30.5 Å². The van der Waals surface area contributed by atoms with Crippen molar-refractivity contribution in [3.63, 3.8) is 0 Å². The molecule has 6 heteroatoms. The van der Waals surface area contributed by atoms with E-state index in [1.165, 1.54) is 10.5 Å². The van der Waals surface area contributed by atoms with Crippen molar-refractivity contribution in [2.75, 3.05) is 25.7 Å². The molecule has 0 N–H and O–H groups in total. The lowest BCUT2D eigenvalue weighted by molar-refractivity contribution is -0.123. The molecule has 0 spiro atoms. The van der Waals surface area contributed by atoms with Gasteiger partial charge in [-0.1, -0.05) is 36.4 Å². The van der Waals surface area contributed by atoms with Gasteiger partial charge in [-0.05, 0) is 48.1 Å². The highest BCUT2D eigenvalue weighted by Gasteiger charge is 2.45. The van der Waals surface area contributed by atoms with Crippen molar-refractivity contribution >= 4 is 28.3 Å². The van der Waals surface area contributed by atoms with Crippen molar-refractivity contribution in [2.24, 2.45) is 0 Å². The predicted molar refractivity (Wildman–Crippen MR) is 123 cm³/mol. The second-order valence-electron chi connectivity index (χ2n) is 8.36. The van der Waals surface area contributed by atoms with Crippen molar-refractivity contribution in [1.29, 1.82) is 0 Å². The van der Waals surface area contributed by atoms with Gasteiger partial charge in [0.15, 0.2) is 11.5 Å². The normalized spacial score (nSPS) is 21.2. The summed E-state index contributed by atoms with van der Waals surface area (Å²) < 4.78 is 10.9. The van der Waals surface area contributed by atoms with Crippen molar-refractivity contribution in [2.45, 2.75) is 31.8 Å². The number of hydrogen-bond acceptors (Lipinski definition) is 5. The number of carbonyl (C=O) groups is 2. The van der Waals surface area contributed by atoms with Crippen LogP contribution in [0.5, 0.6) is 11.5 Å². The molecular formula is C26H26N2O4. The van der Waals surface area contributed by atoms with E-state index in [1.54, 1.807) is 14.2 Å². The third-order valence-corrected chi connectivity index (χ3v) is 6.76. The van der Waals surface area contributed by atoms with Gasteiger partial charge in [-0.2, -0.15) is 0 Å². The van der Waals surface area contributed by atoms with Crippen LogP contribution in [0.25, 0.3) is 10.8 Å². The maximum Gasteiger partial charge on any atom is 0.251 e. The second-order valence-corrected chi connectivity index (χ2v) is 8.36. The van der Waals surface area contributed by atoms with Crippen LogP contribution in [0.4, 0.5) is 5.69 Å². The zero-order valence-electron chi connectivity index (χ0n) is 18.5. The van der Waals surface area contributed by atoms with Gasteiger partial charge in [0.2, 0.25) is 5.91 Å². The van der Waals surface area contributed by atoms with Gasteiger partial charge in [-0.25, -0.2) is 4.90 Å². The van der Waals surface area contributed by atoms with E-state index in [2.05, 4.69) is 11.8 Å². The first-order valence-corrected chi connectivity index (χ1v) is 10.9. The molecule has 0 saturated carbocycles. The highest BCUT2D eigenvalue weighted by atomic mass is 16.5. The Bertz CT molecular complexity index is 1220. The highest BCUT2D eigenvalue weighted by Crippen LogP contribution is 2.41. The van der Waals surface area contributed by atoms with Crippen LogP contribution in [-0.4, -0.2) is 43.5 Å². The molecule has 3 aromatic rings. The molecule has 2 aliphatic heterocycles. The third kappa shape index (κ3) is 3.14. The SMILES string of the molecule is COc1cc2c(cc1OC)[C@H](C)N([C@@H]1CC(=O)N(c3cccc4ccccc34)C1=O)CC2. The Morgan fingerprint density at radius 2 is 1.66 bits per heavy atom. The minimum atomic E-state index is -0.474. The molecule has 2 atom stereocenters.